The highest BCUT2D eigenvalue weighted by atomic mass is 16.3. The average molecular weight is 234 g/mol. The molecule has 0 radical (unpaired) electrons. The fourth-order valence-corrected chi connectivity index (χ4v) is 1.71. The van der Waals surface area contributed by atoms with Gasteiger partial charge >= 0.3 is 0 Å². The van der Waals surface area contributed by atoms with Crippen LogP contribution < -0.4 is 11.1 Å². The molecule has 92 valence electrons. The maximum absolute atomic E-state index is 11.5. The molecule has 1 saturated carbocycles. The summed E-state index contributed by atoms with van der Waals surface area (Å²) in [7, 11) is 0. The molecule has 0 aliphatic heterocycles. The van der Waals surface area contributed by atoms with Gasteiger partial charge in [-0.2, -0.15) is 0 Å². The lowest BCUT2D eigenvalue weighted by Gasteiger charge is -2.16. The van der Waals surface area contributed by atoms with Gasteiger partial charge in [-0.15, -0.1) is 0 Å². The van der Waals surface area contributed by atoms with Crippen molar-refractivity contribution in [3.8, 4) is 0 Å². The fourth-order valence-electron chi connectivity index (χ4n) is 1.71. The van der Waals surface area contributed by atoms with Crippen molar-refractivity contribution in [3.63, 3.8) is 0 Å². The van der Waals surface area contributed by atoms with Crippen LogP contribution in [0.2, 0.25) is 0 Å². The maximum atomic E-state index is 11.5. The molecular weight excluding hydrogens is 216 g/mol. The number of hydrogen-bond acceptors (Lipinski definition) is 3. The van der Waals surface area contributed by atoms with Crippen LogP contribution in [-0.2, 0) is 4.79 Å². The molecule has 2 rings (SSSR count). The lowest BCUT2D eigenvalue weighted by Crippen LogP contribution is -2.37. The van der Waals surface area contributed by atoms with E-state index in [-0.39, 0.29) is 24.4 Å². The molecule has 0 spiro atoms. The van der Waals surface area contributed by atoms with E-state index in [9.17, 15) is 9.90 Å². The topological polar surface area (TPSA) is 75.3 Å². The van der Waals surface area contributed by atoms with Gasteiger partial charge < -0.3 is 16.2 Å². The highest BCUT2D eigenvalue weighted by molar-refractivity contribution is 5.81. The number of aliphatic hydroxyl groups is 1. The van der Waals surface area contributed by atoms with Crippen LogP contribution in [0.4, 0.5) is 0 Å². The molecule has 17 heavy (non-hydrogen) atoms. The van der Waals surface area contributed by atoms with E-state index >= 15 is 0 Å². The Morgan fingerprint density at radius 1 is 1.41 bits per heavy atom. The van der Waals surface area contributed by atoms with Crippen molar-refractivity contribution in [3.05, 3.63) is 35.9 Å². The lowest BCUT2D eigenvalue weighted by molar-refractivity contribution is -0.130. The molecule has 4 nitrogen and oxygen atoms in total. The molecule has 1 aliphatic carbocycles. The zero-order valence-electron chi connectivity index (χ0n) is 9.67. The van der Waals surface area contributed by atoms with Crippen LogP contribution in [0.3, 0.4) is 0 Å². The second kappa shape index (κ2) is 5.29. The van der Waals surface area contributed by atoms with Crippen LogP contribution in [0.5, 0.6) is 0 Å². The monoisotopic (exact) mass is 234 g/mol. The summed E-state index contributed by atoms with van der Waals surface area (Å²) in [6, 6.07) is 9.46. The fraction of sp³-hybridized carbons (Fsp3) is 0.462. The smallest absolute Gasteiger partial charge is 0.249 e. The SMILES string of the molecule is NC(CC(O)C(=O)NC1CC1)c1ccccc1. The Labute approximate surface area is 101 Å². The Hall–Kier alpha value is -1.39. The summed E-state index contributed by atoms with van der Waals surface area (Å²) in [5.41, 5.74) is 6.88. The zero-order valence-corrected chi connectivity index (χ0v) is 9.67. The number of nitrogens with two attached hydrogens (primary N) is 1. The number of carbonyl (C=O) groups is 1. The van der Waals surface area contributed by atoms with Crippen molar-refractivity contribution in [2.75, 3.05) is 0 Å². The van der Waals surface area contributed by atoms with E-state index in [1.807, 2.05) is 30.3 Å². The summed E-state index contributed by atoms with van der Waals surface area (Å²) in [6.07, 6.45) is 1.26. The standard InChI is InChI=1S/C13H18N2O2/c14-11(9-4-2-1-3-5-9)8-12(16)13(17)15-10-6-7-10/h1-5,10-12,16H,6-8,14H2,(H,15,17). The van der Waals surface area contributed by atoms with Crippen molar-refractivity contribution >= 4 is 5.91 Å². The van der Waals surface area contributed by atoms with Crippen LogP contribution in [0.25, 0.3) is 0 Å². The van der Waals surface area contributed by atoms with Crippen LogP contribution in [0.1, 0.15) is 30.9 Å². The first-order chi connectivity index (χ1) is 8.16. The second-order valence-corrected chi connectivity index (χ2v) is 4.55. The van der Waals surface area contributed by atoms with Crippen molar-refractivity contribution in [1.82, 2.24) is 5.32 Å². The Morgan fingerprint density at radius 2 is 2.06 bits per heavy atom. The summed E-state index contributed by atoms with van der Waals surface area (Å²) in [5, 5.41) is 12.5. The summed E-state index contributed by atoms with van der Waals surface area (Å²) in [6.45, 7) is 0. The van der Waals surface area contributed by atoms with Gasteiger partial charge in [0.25, 0.3) is 0 Å². The van der Waals surface area contributed by atoms with Gasteiger partial charge in [-0.1, -0.05) is 30.3 Å². The lowest BCUT2D eigenvalue weighted by atomic mass is 10.0. The van der Waals surface area contributed by atoms with Crippen molar-refractivity contribution in [1.29, 1.82) is 0 Å². The normalized spacial score (nSPS) is 18.5. The number of hydrogen-bond donors (Lipinski definition) is 3. The predicted molar refractivity (Wildman–Crippen MR) is 65.2 cm³/mol. The van der Waals surface area contributed by atoms with Crippen LogP contribution in [0.15, 0.2) is 30.3 Å². The van der Waals surface area contributed by atoms with Gasteiger partial charge in [-0.25, -0.2) is 0 Å². The molecule has 1 fully saturated rings. The molecule has 1 aromatic carbocycles. The quantitative estimate of drug-likeness (QED) is 0.702. The van der Waals surface area contributed by atoms with Crippen molar-refractivity contribution in [2.24, 2.45) is 5.73 Å². The first-order valence-corrected chi connectivity index (χ1v) is 5.96. The third kappa shape index (κ3) is 3.54. The predicted octanol–water partition coefficient (Wildman–Crippen LogP) is 0.716. The number of rotatable bonds is 5. The highest BCUT2D eigenvalue weighted by Crippen LogP contribution is 2.20. The van der Waals surface area contributed by atoms with E-state index in [1.165, 1.54) is 0 Å². The van der Waals surface area contributed by atoms with Crippen LogP contribution in [-0.4, -0.2) is 23.2 Å². The van der Waals surface area contributed by atoms with E-state index in [0.29, 0.717) is 0 Å². The molecule has 2 atom stereocenters. The molecular formula is C13H18N2O2. The third-order valence-corrected chi connectivity index (χ3v) is 2.93. The summed E-state index contributed by atoms with van der Waals surface area (Å²) >= 11 is 0. The minimum Gasteiger partial charge on any atom is -0.383 e. The van der Waals surface area contributed by atoms with Gasteiger partial charge in [0.2, 0.25) is 5.91 Å². The minimum atomic E-state index is -1.02. The molecule has 1 amide bonds. The average Bonchev–Trinajstić information content (AvgIpc) is 3.14. The largest absolute Gasteiger partial charge is 0.383 e. The molecule has 2 unspecified atom stereocenters. The Balaban J connectivity index is 1.84. The number of amides is 1. The molecule has 0 saturated heterocycles. The van der Waals surface area contributed by atoms with E-state index in [1.54, 1.807) is 0 Å². The summed E-state index contributed by atoms with van der Waals surface area (Å²) < 4.78 is 0. The maximum Gasteiger partial charge on any atom is 0.249 e. The van der Waals surface area contributed by atoms with Gasteiger partial charge in [-0.05, 0) is 18.4 Å². The highest BCUT2D eigenvalue weighted by Gasteiger charge is 2.27. The van der Waals surface area contributed by atoms with Crippen molar-refractivity contribution in [2.45, 2.75) is 37.5 Å². The molecule has 0 heterocycles. The molecule has 1 aliphatic rings. The van der Waals surface area contributed by atoms with E-state index in [4.69, 9.17) is 5.73 Å². The number of aliphatic hydroxyl groups excluding tert-OH is 1. The first-order valence-electron chi connectivity index (χ1n) is 5.96. The van der Waals surface area contributed by atoms with Gasteiger partial charge in [0.05, 0.1) is 0 Å². The van der Waals surface area contributed by atoms with Crippen LogP contribution >= 0.6 is 0 Å². The molecule has 4 heteroatoms. The third-order valence-electron chi connectivity index (χ3n) is 2.93. The van der Waals surface area contributed by atoms with E-state index in [2.05, 4.69) is 5.32 Å². The number of benzene rings is 1. The Kier molecular flexibility index (Phi) is 3.76. The summed E-state index contributed by atoms with van der Waals surface area (Å²) in [5.74, 6) is -0.307. The molecule has 1 aromatic rings. The molecule has 0 aromatic heterocycles. The minimum absolute atomic E-state index is 0.253. The van der Waals surface area contributed by atoms with Crippen molar-refractivity contribution < 1.29 is 9.90 Å². The zero-order chi connectivity index (χ0) is 12.3. The number of carbonyl (C=O) groups excluding carboxylic acids is 1. The Bertz CT molecular complexity index is 376. The van der Waals surface area contributed by atoms with Gasteiger partial charge in [-0.3, -0.25) is 4.79 Å². The number of nitrogens with one attached hydrogen (secondary N) is 1. The van der Waals surface area contributed by atoms with Gasteiger partial charge in [0, 0.05) is 18.5 Å². The Morgan fingerprint density at radius 3 is 2.65 bits per heavy atom. The van der Waals surface area contributed by atoms with Gasteiger partial charge in [0.1, 0.15) is 6.10 Å². The second-order valence-electron chi connectivity index (χ2n) is 4.55. The van der Waals surface area contributed by atoms with E-state index in [0.717, 1.165) is 18.4 Å². The molecule has 0 bridgehead atoms. The van der Waals surface area contributed by atoms with E-state index < -0.39 is 6.10 Å². The summed E-state index contributed by atoms with van der Waals surface area (Å²) in [4.78, 5) is 11.5. The van der Waals surface area contributed by atoms with Gasteiger partial charge in [0.15, 0.2) is 0 Å². The first kappa shape index (κ1) is 12.1. The molecule has 4 N–H and O–H groups in total. The van der Waals surface area contributed by atoms with Crippen LogP contribution in [0, 0.1) is 0 Å².